The summed E-state index contributed by atoms with van der Waals surface area (Å²) in [7, 11) is 0. The van der Waals surface area contributed by atoms with E-state index in [1.54, 1.807) is 0 Å². The average Bonchev–Trinajstić information content (AvgIpc) is 2.90. The van der Waals surface area contributed by atoms with Crippen LogP contribution in [0.2, 0.25) is 0 Å². The Bertz CT molecular complexity index is 505. The van der Waals surface area contributed by atoms with Crippen molar-refractivity contribution < 1.29 is 4.92 Å². The minimum Gasteiger partial charge on any atom is -0.364 e. The molecule has 1 aliphatic heterocycles. The normalized spacial score (nSPS) is 21.2. The highest BCUT2D eigenvalue weighted by molar-refractivity contribution is 8.00. The van der Waals surface area contributed by atoms with Crippen LogP contribution in [0.1, 0.15) is 33.1 Å². The smallest absolute Gasteiger partial charge is 0.353 e. The van der Waals surface area contributed by atoms with Crippen LogP contribution in [-0.2, 0) is 0 Å². The number of nitro groups is 1. The molecule has 0 spiro atoms. The third kappa shape index (κ3) is 3.96. The maximum Gasteiger partial charge on any atom is 0.353 e. The lowest BCUT2D eigenvalue weighted by molar-refractivity contribution is -0.383. The lowest BCUT2D eigenvalue weighted by Crippen LogP contribution is -2.27. The molecule has 1 aliphatic rings. The third-order valence-electron chi connectivity index (χ3n) is 3.48. The van der Waals surface area contributed by atoms with E-state index in [9.17, 15) is 10.1 Å². The zero-order chi connectivity index (χ0) is 15.3. The monoisotopic (exact) mass is 311 g/mol. The summed E-state index contributed by atoms with van der Waals surface area (Å²) in [4.78, 5) is 18.9. The van der Waals surface area contributed by atoms with Gasteiger partial charge in [0.25, 0.3) is 0 Å². The molecule has 2 rings (SSSR count). The Kier molecular flexibility index (Phi) is 5.22. The van der Waals surface area contributed by atoms with Gasteiger partial charge in [0, 0.05) is 17.8 Å². The Hall–Kier alpha value is -1.57. The molecule has 0 saturated carbocycles. The van der Waals surface area contributed by atoms with Crippen LogP contribution in [0, 0.1) is 10.1 Å². The summed E-state index contributed by atoms with van der Waals surface area (Å²) in [5.74, 6) is 1.72. The topological polar surface area (TPSA) is 93.0 Å². The lowest BCUT2D eigenvalue weighted by atomic mass is 10.1. The molecular formula is C13H21N5O2S. The first-order valence-corrected chi connectivity index (χ1v) is 8.15. The number of thioether (sulfide) groups is 1. The first kappa shape index (κ1) is 15.8. The van der Waals surface area contributed by atoms with Crippen LogP contribution in [-0.4, -0.2) is 38.5 Å². The molecule has 0 aromatic carbocycles. The standard InChI is InChI=1S/C13H21N5O2S/c1-3-6-14-11-10(18(19)20)12(17-9-16-11)15-8-13(2)5-4-7-21-13/h9H,3-8H2,1-2H3,(H2,14,15,16,17). The second-order valence-corrected chi connectivity index (χ2v) is 7.04. The lowest BCUT2D eigenvalue weighted by Gasteiger charge is -2.23. The van der Waals surface area contributed by atoms with E-state index in [-0.39, 0.29) is 16.3 Å². The number of nitrogens with zero attached hydrogens (tertiary/aromatic N) is 3. The number of hydrogen-bond donors (Lipinski definition) is 2. The maximum absolute atomic E-state index is 11.3. The van der Waals surface area contributed by atoms with E-state index >= 15 is 0 Å². The fourth-order valence-electron chi connectivity index (χ4n) is 2.30. The van der Waals surface area contributed by atoms with Crippen molar-refractivity contribution in [3.05, 3.63) is 16.4 Å². The molecule has 1 aromatic heterocycles. The molecule has 0 amide bonds. The Balaban J connectivity index is 2.15. The fourth-order valence-corrected chi connectivity index (χ4v) is 3.55. The molecule has 0 aliphatic carbocycles. The van der Waals surface area contributed by atoms with Gasteiger partial charge in [0.2, 0.25) is 11.6 Å². The average molecular weight is 311 g/mol. The van der Waals surface area contributed by atoms with E-state index in [4.69, 9.17) is 0 Å². The van der Waals surface area contributed by atoms with Crippen LogP contribution in [0.4, 0.5) is 17.3 Å². The van der Waals surface area contributed by atoms with Gasteiger partial charge in [0.05, 0.1) is 4.92 Å². The second-order valence-electron chi connectivity index (χ2n) is 5.36. The predicted molar refractivity (Wildman–Crippen MR) is 86.1 cm³/mol. The number of nitrogens with one attached hydrogen (secondary N) is 2. The molecule has 1 atom stereocenters. The molecule has 21 heavy (non-hydrogen) atoms. The Morgan fingerprint density at radius 1 is 1.43 bits per heavy atom. The largest absolute Gasteiger partial charge is 0.364 e. The van der Waals surface area contributed by atoms with Crippen LogP contribution >= 0.6 is 11.8 Å². The van der Waals surface area contributed by atoms with Crippen molar-refractivity contribution in [2.75, 3.05) is 29.5 Å². The summed E-state index contributed by atoms with van der Waals surface area (Å²) in [6.07, 6.45) is 4.54. The summed E-state index contributed by atoms with van der Waals surface area (Å²) in [6, 6.07) is 0. The Morgan fingerprint density at radius 2 is 2.14 bits per heavy atom. The molecule has 116 valence electrons. The second kappa shape index (κ2) is 6.93. The summed E-state index contributed by atoms with van der Waals surface area (Å²) in [6.45, 7) is 5.49. The fraction of sp³-hybridized carbons (Fsp3) is 0.692. The van der Waals surface area contributed by atoms with Gasteiger partial charge in [-0.3, -0.25) is 10.1 Å². The molecular weight excluding hydrogens is 290 g/mol. The zero-order valence-electron chi connectivity index (χ0n) is 12.4. The molecule has 8 heteroatoms. The van der Waals surface area contributed by atoms with E-state index < -0.39 is 4.92 Å². The van der Waals surface area contributed by atoms with Crippen LogP contribution in [0.15, 0.2) is 6.33 Å². The first-order valence-electron chi connectivity index (χ1n) is 7.17. The SMILES string of the molecule is CCCNc1ncnc(NCC2(C)CCCS2)c1[N+](=O)[O-]. The molecule has 1 unspecified atom stereocenters. The van der Waals surface area contributed by atoms with Gasteiger partial charge < -0.3 is 10.6 Å². The number of aromatic nitrogens is 2. The molecule has 0 radical (unpaired) electrons. The highest BCUT2D eigenvalue weighted by Gasteiger charge is 2.31. The highest BCUT2D eigenvalue weighted by atomic mass is 32.2. The minimum absolute atomic E-state index is 0.0717. The Morgan fingerprint density at radius 3 is 2.71 bits per heavy atom. The molecule has 7 nitrogen and oxygen atoms in total. The molecule has 1 saturated heterocycles. The van der Waals surface area contributed by atoms with Gasteiger partial charge in [-0.05, 0) is 31.9 Å². The van der Waals surface area contributed by atoms with Crippen molar-refractivity contribution in [1.29, 1.82) is 0 Å². The quantitative estimate of drug-likeness (QED) is 0.590. The van der Waals surface area contributed by atoms with Crippen LogP contribution in [0.5, 0.6) is 0 Å². The maximum atomic E-state index is 11.3. The van der Waals surface area contributed by atoms with Crippen molar-refractivity contribution in [2.24, 2.45) is 0 Å². The molecule has 2 N–H and O–H groups in total. The van der Waals surface area contributed by atoms with Crippen molar-refractivity contribution in [3.63, 3.8) is 0 Å². The van der Waals surface area contributed by atoms with Crippen LogP contribution < -0.4 is 10.6 Å². The summed E-state index contributed by atoms with van der Waals surface area (Å²) < 4.78 is 0.121. The molecule has 2 heterocycles. The number of rotatable bonds is 7. The minimum atomic E-state index is -0.426. The first-order chi connectivity index (χ1) is 10.1. The van der Waals surface area contributed by atoms with Gasteiger partial charge >= 0.3 is 5.69 Å². The van der Waals surface area contributed by atoms with E-state index in [0.717, 1.165) is 18.6 Å². The van der Waals surface area contributed by atoms with E-state index in [1.807, 2.05) is 18.7 Å². The van der Waals surface area contributed by atoms with Gasteiger partial charge in [0.1, 0.15) is 6.33 Å². The van der Waals surface area contributed by atoms with E-state index in [2.05, 4.69) is 27.5 Å². The van der Waals surface area contributed by atoms with Gasteiger partial charge in [0.15, 0.2) is 0 Å². The molecule has 0 bridgehead atoms. The number of anilines is 2. The van der Waals surface area contributed by atoms with Gasteiger partial charge in [-0.15, -0.1) is 0 Å². The predicted octanol–water partition coefficient (Wildman–Crippen LogP) is 2.90. The molecule has 1 fully saturated rings. The van der Waals surface area contributed by atoms with Gasteiger partial charge in [-0.25, -0.2) is 9.97 Å². The van der Waals surface area contributed by atoms with Crippen molar-refractivity contribution >= 4 is 29.1 Å². The van der Waals surface area contributed by atoms with Crippen molar-refractivity contribution in [3.8, 4) is 0 Å². The van der Waals surface area contributed by atoms with Crippen LogP contribution in [0.3, 0.4) is 0 Å². The van der Waals surface area contributed by atoms with Gasteiger partial charge in [-0.2, -0.15) is 11.8 Å². The Labute approximate surface area is 128 Å². The third-order valence-corrected chi connectivity index (χ3v) is 5.02. The summed E-state index contributed by atoms with van der Waals surface area (Å²) in [5, 5.41) is 17.4. The zero-order valence-corrected chi connectivity index (χ0v) is 13.2. The summed E-state index contributed by atoms with van der Waals surface area (Å²) >= 11 is 1.90. The highest BCUT2D eigenvalue weighted by Crippen LogP contribution is 2.38. The summed E-state index contributed by atoms with van der Waals surface area (Å²) in [5.41, 5.74) is -0.0717. The number of hydrogen-bond acceptors (Lipinski definition) is 7. The van der Waals surface area contributed by atoms with Crippen molar-refractivity contribution in [2.45, 2.75) is 37.9 Å². The van der Waals surface area contributed by atoms with E-state index in [1.165, 1.54) is 12.7 Å². The molecule has 1 aromatic rings. The van der Waals surface area contributed by atoms with Crippen LogP contribution in [0.25, 0.3) is 0 Å². The van der Waals surface area contributed by atoms with Crippen molar-refractivity contribution in [1.82, 2.24) is 9.97 Å². The van der Waals surface area contributed by atoms with E-state index in [0.29, 0.717) is 18.9 Å². The van der Waals surface area contributed by atoms with Gasteiger partial charge in [-0.1, -0.05) is 6.92 Å².